The van der Waals surface area contributed by atoms with Crippen LogP contribution >= 0.6 is 15.9 Å². The fraction of sp³-hybridized carbons (Fsp3) is 1.00. The molecule has 1 unspecified atom stereocenters. The molecule has 1 atom stereocenters. The molecule has 15 heavy (non-hydrogen) atoms. The highest BCUT2D eigenvalue weighted by molar-refractivity contribution is 9.09. The molecule has 0 saturated heterocycles. The first kappa shape index (κ1) is 15.7. The summed E-state index contributed by atoms with van der Waals surface area (Å²) >= 11 is 3.51. The Bertz CT molecular complexity index is 169. The molecule has 0 rings (SSSR count). The zero-order chi connectivity index (χ0) is 12.1. The SMILES string of the molecule is CCCC(CCBr)O[Si](C)(C)C(C)(C)C. The van der Waals surface area contributed by atoms with Crippen LogP contribution in [-0.2, 0) is 4.43 Å². The van der Waals surface area contributed by atoms with Gasteiger partial charge in [-0.1, -0.05) is 50.0 Å². The topological polar surface area (TPSA) is 9.23 Å². The molecule has 0 N–H and O–H groups in total. The average Bonchev–Trinajstić information content (AvgIpc) is 2.02. The van der Waals surface area contributed by atoms with Crippen LogP contribution in [0.1, 0.15) is 47.0 Å². The second-order valence-corrected chi connectivity index (χ2v) is 11.3. The molecule has 3 heteroatoms. The zero-order valence-electron chi connectivity index (χ0n) is 11.2. The van der Waals surface area contributed by atoms with E-state index >= 15 is 0 Å². The van der Waals surface area contributed by atoms with Crippen molar-refractivity contribution in [2.45, 2.75) is 71.2 Å². The van der Waals surface area contributed by atoms with Crippen LogP contribution in [0.2, 0.25) is 18.1 Å². The lowest BCUT2D eigenvalue weighted by atomic mass is 10.2. The third-order valence-electron chi connectivity index (χ3n) is 3.31. The quantitative estimate of drug-likeness (QED) is 0.497. The molecule has 0 aliphatic heterocycles. The highest BCUT2D eigenvalue weighted by atomic mass is 79.9. The third kappa shape index (κ3) is 5.50. The summed E-state index contributed by atoms with van der Waals surface area (Å²) in [6.07, 6.45) is 4.00. The lowest BCUT2D eigenvalue weighted by molar-refractivity contribution is 0.167. The molecular formula is C12H27BrOSi. The minimum absolute atomic E-state index is 0.325. The van der Waals surface area contributed by atoms with E-state index < -0.39 is 8.32 Å². The maximum atomic E-state index is 6.39. The Morgan fingerprint density at radius 1 is 1.20 bits per heavy atom. The molecule has 1 nitrogen and oxygen atoms in total. The molecule has 0 aliphatic carbocycles. The van der Waals surface area contributed by atoms with Gasteiger partial charge >= 0.3 is 0 Å². The Balaban J connectivity index is 4.37. The number of rotatable bonds is 6. The summed E-state index contributed by atoms with van der Waals surface area (Å²) in [7, 11) is -1.56. The highest BCUT2D eigenvalue weighted by Crippen LogP contribution is 2.38. The van der Waals surface area contributed by atoms with E-state index in [9.17, 15) is 0 Å². The van der Waals surface area contributed by atoms with Crippen LogP contribution in [0.5, 0.6) is 0 Å². The first-order valence-electron chi connectivity index (χ1n) is 5.98. The van der Waals surface area contributed by atoms with E-state index in [0.717, 1.165) is 11.8 Å². The standard InChI is InChI=1S/C12H27BrOSi/c1-7-8-11(9-10-13)14-15(5,6)12(2,3)4/h11H,7-10H2,1-6H3. The number of halogens is 1. The van der Waals surface area contributed by atoms with Crippen LogP contribution in [0.3, 0.4) is 0 Å². The van der Waals surface area contributed by atoms with Crippen molar-refractivity contribution in [2.75, 3.05) is 5.33 Å². The van der Waals surface area contributed by atoms with Crippen molar-refractivity contribution in [3.63, 3.8) is 0 Å². The largest absolute Gasteiger partial charge is 0.414 e. The summed E-state index contributed by atoms with van der Waals surface area (Å²) in [5.41, 5.74) is 0. The third-order valence-corrected chi connectivity index (χ3v) is 8.30. The summed E-state index contributed by atoms with van der Waals surface area (Å²) in [4.78, 5) is 0. The molecule has 0 aromatic heterocycles. The molecule has 0 radical (unpaired) electrons. The first-order chi connectivity index (χ1) is 6.74. The molecule has 0 spiro atoms. The van der Waals surface area contributed by atoms with Crippen molar-refractivity contribution >= 4 is 24.2 Å². The van der Waals surface area contributed by atoms with Crippen LogP contribution in [0.15, 0.2) is 0 Å². The molecule has 0 heterocycles. The maximum Gasteiger partial charge on any atom is 0.192 e. The van der Waals surface area contributed by atoms with E-state index in [1.165, 1.54) is 12.8 Å². The van der Waals surface area contributed by atoms with Gasteiger partial charge in [0.15, 0.2) is 8.32 Å². The Labute approximate surface area is 105 Å². The van der Waals surface area contributed by atoms with Gasteiger partial charge < -0.3 is 4.43 Å². The Morgan fingerprint density at radius 2 is 1.73 bits per heavy atom. The minimum Gasteiger partial charge on any atom is -0.414 e. The summed E-state index contributed by atoms with van der Waals surface area (Å²) in [6, 6.07) is 0. The van der Waals surface area contributed by atoms with Crippen molar-refractivity contribution < 1.29 is 4.43 Å². The zero-order valence-corrected chi connectivity index (χ0v) is 13.8. The number of hydrogen-bond acceptors (Lipinski definition) is 1. The van der Waals surface area contributed by atoms with Crippen LogP contribution in [-0.4, -0.2) is 19.8 Å². The second kappa shape index (κ2) is 6.41. The predicted molar refractivity (Wildman–Crippen MR) is 75.4 cm³/mol. The molecule has 92 valence electrons. The van der Waals surface area contributed by atoms with E-state index in [4.69, 9.17) is 4.43 Å². The van der Waals surface area contributed by atoms with Gasteiger partial charge in [-0.2, -0.15) is 0 Å². The molecule has 0 aromatic carbocycles. The van der Waals surface area contributed by atoms with E-state index in [2.05, 4.69) is 56.7 Å². The Morgan fingerprint density at radius 3 is 2.07 bits per heavy atom. The molecule has 0 aromatic rings. The van der Waals surface area contributed by atoms with Crippen molar-refractivity contribution in [1.82, 2.24) is 0 Å². The molecule has 0 fully saturated rings. The average molecular weight is 295 g/mol. The Kier molecular flexibility index (Phi) is 6.69. The van der Waals surface area contributed by atoms with Gasteiger partial charge in [0.25, 0.3) is 0 Å². The van der Waals surface area contributed by atoms with Crippen molar-refractivity contribution in [3.05, 3.63) is 0 Å². The molecule has 0 amide bonds. The highest BCUT2D eigenvalue weighted by Gasteiger charge is 2.38. The van der Waals surface area contributed by atoms with Gasteiger partial charge in [-0.25, -0.2) is 0 Å². The van der Waals surface area contributed by atoms with Crippen molar-refractivity contribution in [3.8, 4) is 0 Å². The molecular weight excluding hydrogens is 268 g/mol. The van der Waals surface area contributed by atoms with Crippen LogP contribution in [0.25, 0.3) is 0 Å². The number of hydrogen-bond donors (Lipinski definition) is 0. The van der Waals surface area contributed by atoms with Crippen LogP contribution < -0.4 is 0 Å². The van der Waals surface area contributed by atoms with Crippen molar-refractivity contribution in [2.24, 2.45) is 0 Å². The molecule has 0 saturated carbocycles. The minimum atomic E-state index is -1.56. The first-order valence-corrected chi connectivity index (χ1v) is 10.0. The van der Waals surface area contributed by atoms with E-state index in [1.807, 2.05) is 0 Å². The van der Waals surface area contributed by atoms with Gasteiger partial charge in [0.2, 0.25) is 0 Å². The van der Waals surface area contributed by atoms with Gasteiger partial charge in [-0.05, 0) is 31.0 Å². The normalized spacial score (nSPS) is 15.4. The van der Waals surface area contributed by atoms with Gasteiger partial charge in [0.05, 0.1) is 0 Å². The summed E-state index contributed by atoms with van der Waals surface area (Å²) in [6.45, 7) is 13.8. The van der Waals surface area contributed by atoms with Crippen LogP contribution in [0.4, 0.5) is 0 Å². The number of alkyl halides is 1. The van der Waals surface area contributed by atoms with Gasteiger partial charge in [0, 0.05) is 11.4 Å². The smallest absolute Gasteiger partial charge is 0.192 e. The monoisotopic (exact) mass is 294 g/mol. The van der Waals surface area contributed by atoms with E-state index in [-0.39, 0.29) is 0 Å². The molecule has 0 aliphatic rings. The fourth-order valence-corrected chi connectivity index (χ4v) is 3.23. The summed E-state index contributed by atoms with van der Waals surface area (Å²) in [5.74, 6) is 0. The summed E-state index contributed by atoms with van der Waals surface area (Å²) in [5, 5.41) is 1.37. The fourth-order valence-electron chi connectivity index (χ4n) is 1.30. The predicted octanol–water partition coefficient (Wildman–Crippen LogP) is 4.96. The van der Waals surface area contributed by atoms with Crippen molar-refractivity contribution in [1.29, 1.82) is 0 Å². The van der Waals surface area contributed by atoms with Gasteiger partial charge in [0.1, 0.15) is 0 Å². The lowest BCUT2D eigenvalue weighted by Crippen LogP contribution is -2.44. The van der Waals surface area contributed by atoms with E-state index in [1.54, 1.807) is 0 Å². The Hall–Kier alpha value is 0.657. The van der Waals surface area contributed by atoms with Gasteiger partial charge in [-0.15, -0.1) is 0 Å². The summed E-state index contributed by atoms with van der Waals surface area (Å²) < 4.78 is 6.39. The maximum absolute atomic E-state index is 6.39. The van der Waals surface area contributed by atoms with Gasteiger partial charge in [-0.3, -0.25) is 0 Å². The van der Waals surface area contributed by atoms with Crippen LogP contribution in [0, 0.1) is 0 Å². The van der Waals surface area contributed by atoms with E-state index in [0.29, 0.717) is 11.1 Å². The second-order valence-electron chi connectivity index (χ2n) is 5.77. The lowest BCUT2D eigenvalue weighted by Gasteiger charge is -2.39. The molecule has 0 bridgehead atoms.